The first kappa shape index (κ1) is 32.8. The lowest BCUT2D eigenvalue weighted by Gasteiger charge is -2.12. The SMILES string of the molecule is Nc1ccc2c(=NCc3ccccc3)ccn(CCCCCCCCCC[n+]3ccc(NCc4ccccc4)c4ccc(N)cc43)c2c1. The molecule has 0 bridgehead atoms. The average molecular weight is 638 g/mol. The molecule has 4 aromatic carbocycles. The van der Waals surface area contributed by atoms with E-state index in [0.717, 1.165) is 59.4 Å². The first-order chi connectivity index (χ1) is 23.6. The van der Waals surface area contributed by atoms with E-state index in [1.807, 2.05) is 18.2 Å². The van der Waals surface area contributed by atoms with E-state index in [2.05, 4.69) is 118 Å². The predicted octanol–water partition coefficient (Wildman–Crippen LogP) is 8.78. The molecule has 6 aromatic rings. The molecule has 6 heteroatoms. The summed E-state index contributed by atoms with van der Waals surface area (Å²) in [6.07, 6.45) is 14.4. The minimum atomic E-state index is 0.676. The van der Waals surface area contributed by atoms with Gasteiger partial charge in [-0.25, -0.2) is 0 Å². The summed E-state index contributed by atoms with van der Waals surface area (Å²) >= 11 is 0. The third kappa shape index (κ3) is 8.82. The summed E-state index contributed by atoms with van der Waals surface area (Å²) in [6, 6.07) is 37.7. The molecule has 0 fully saturated rings. The van der Waals surface area contributed by atoms with Gasteiger partial charge in [0.25, 0.3) is 0 Å². The van der Waals surface area contributed by atoms with Crippen LogP contribution in [0.15, 0.2) is 127 Å². The van der Waals surface area contributed by atoms with E-state index in [9.17, 15) is 0 Å². The Hall–Kier alpha value is -5.10. The van der Waals surface area contributed by atoms with E-state index in [0.29, 0.717) is 6.54 Å². The Balaban J connectivity index is 0.928. The van der Waals surface area contributed by atoms with Gasteiger partial charge in [0.05, 0.1) is 28.5 Å². The lowest BCUT2D eigenvalue weighted by Crippen LogP contribution is -2.34. The van der Waals surface area contributed by atoms with E-state index in [1.165, 1.54) is 67.0 Å². The lowest BCUT2D eigenvalue weighted by molar-refractivity contribution is -0.671. The van der Waals surface area contributed by atoms with Crippen molar-refractivity contribution in [3.63, 3.8) is 0 Å². The van der Waals surface area contributed by atoms with Gasteiger partial charge in [0, 0.05) is 54.6 Å². The van der Waals surface area contributed by atoms with E-state index in [4.69, 9.17) is 16.5 Å². The van der Waals surface area contributed by atoms with Crippen molar-refractivity contribution in [1.82, 2.24) is 4.57 Å². The van der Waals surface area contributed by atoms with Crippen LogP contribution in [0.5, 0.6) is 0 Å². The first-order valence-electron chi connectivity index (χ1n) is 17.6. The number of nitrogens with zero attached hydrogens (tertiary/aromatic N) is 3. The van der Waals surface area contributed by atoms with Crippen LogP contribution in [0, 0.1) is 0 Å². The molecule has 5 N–H and O–H groups in total. The molecule has 0 aliphatic heterocycles. The van der Waals surface area contributed by atoms with Crippen molar-refractivity contribution in [3.8, 4) is 0 Å². The molecular formula is C42H49N6+. The van der Waals surface area contributed by atoms with Gasteiger partial charge in [-0.15, -0.1) is 0 Å². The van der Waals surface area contributed by atoms with E-state index in [-0.39, 0.29) is 0 Å². The van der Waals surface area contributed by atoms with Gasteiger partial charge < -0.3 is 21.4 Å². The number of hydrogen-bond acceptors (Lipinski definition) is 4. The number of nitrogens with one attached hydrogen (secondary N) is 1. The molecular weight excluding hydrogens is 589 g/mol. The summed E-state index contributed by atoms with van der Waals surface area (Å²) in [6.45, 7) is 3.48. The second-order valence-electron chi connectivity index (χ2n) is 12.8. The van der Waals surface area contributed by atoms with Crippen molar-refractivity contribution in [1.29, 1.82) is 0 Å². The fourth-order valence-corrected chi connectivity index (χ4v) is 6.54. The number of nitrogens with two attached hydrogens (primary N) is 2. The Morgan fingerprint density at radius 2 is 1.27 bits per heavy atom. The maximum atomic E-state index is 6.21. The Morgan fingerprint density at radius 1 is 0.625 bits per heavy atom. The van der Waals surface area contributed by atoms with Gasteiger partial charge in [0.15, 0.2) is 6.20 Å². The highest BCUT2D eigenvalue weighted by Gasteiger charge is 2.13. The Bertz CT molecular complexity index is 1980. The van der Waals surface area contributed by atoms with Gasteiger partial charge in [-0.2, -0.15) is 4.57 Å². The monoisotopic (exact) mass is 637 g/mol. The standard InChI is InChI=1S/C42H48N6/c43-35-19-21-37-39(45-31-33-15-9-7-10-16-33)23-27-47(41(37)29-35)25-13-5-3-1-2-4-6-14-26-48-28-24-40(38-22-20-36(44)30-42(38)48)46-32-34-17-11-8-12-18-34/h7-12,15-24,27-30H,1-6,13-14,25-26,31-32H2,(H4,43,44,45,46)/p+1. The molecule has 48 heavy (non-hydrogen) atoms. The second-order valence-corrected chi connectivity index (χ2v) is 12.8. The van der Waals surface area contributed by atoms with Crippen LogP contribution in [0.25, 0.3) is 21.8 Å². The molecule has 0 aliphatic rings. The van der Waals surface area contributed by atoms with Gasteiger partial charge >= 0.3 is 0 Å². The highest BCUT2D eigenvalue weighted by molar-refractivity contribution is 5.90. The first-order valence-corrected chi connectivity index (χ1v) is 17.6. The summed E-state index contributed by atoms with van der Waals surface area (Å²) in [5.74, 6) is 0. The van der Waals surface area contributed by atoms with Crippen molar-refractivity contribution >= 4 is 38.9 Å². The topological polar surface area (TPSA) is 85.2 Å². The maximum absolute atomic E-state index is 6.21. The maximum Gasteiger partial charge on any atom is 0.216 e. The largest absolute Gasteiger partial charge is 0.399 e. The zero-order valence-corrected chi connectivity index (χ0v) is 28.0. The molecule has 0 aliphatic carbocycles. The highest BCUT2D eigenvalue weighted by Crippen LogP contribution is 2.24. The quantitative estimate of drug-likeness (QED) is 0.0563. The summed E-state index contributed by atoms with van der Waals surface area (Å²) < 4.78 is 4.70. The molecule has 2 aromatic heterocycles. The second kappa shape index (κ2) is 16.6. The van der Waals surface area contributed by atoms with Crippen LogP contribution in [0.2, 0.25) is 0 Å². The van der Waals surface area contributed by atoms with Gasteiger partial charge in [-0.05, 0) is 60.4 Å². The lowest BCUT2D eigenvalue weighted by atomic mass is 10.1. The smallest absolute Gasteiger partial charge is 0.216 e. The van der Waals surface area contributed by atoms with E-state index in [1.54, 1.807) is 0 Å². The van der Waals surface area contributed by atoms with Crippen molar-refractivity contribution in [2.24, 2.45) is 4.99 Å². The van der Waals surface area contributed by atoms with Crippen molar-refractivity contribution in [2.75, 3.05) is 16.8 Å². The fraction of sp³-hybridized carbons (Fsp3) is 0.286. The summed E-state index contributed by atoms with van der Waals surface area (Å²) in [5.41, 5.74) is 20.0. The Morgan fingerprint density at radius 3 is 2.02 bits per heavy atom. The number of aryl methyl sites for hydroxylation is 2. The van der Waals surface area contributed by atoms with Gasteiger partial charge in [-0.3, -0.25) is 4.99 Å². The Kier molecular flexibility index (Phi) is 11.4. The summed E-state index contributed by atoms with van der Waals surface area (Å²) in [5, 5.41) is 7.02. The third-order valence-electron chi connectivity index (χ3n) is 9.21. The number of unbranched alkanes of at least 4 members (excludes halogenated alkanes) is 7. The number of anilines is 3. The third-order valence-corrected chi connectivity index (χ3v) is 9.21. The molecule has 0 atom stereocenters. The average Bonchev–Trinajstić information content (AvgIpc) is 3.12. The number of nitrogen functional groups attached to an aromatic ring is 2. The van der Waals surface area contributed by atoms with Crippen LogP contribution in [0.1, 0.15) is 62.5 Å². The normalized spacial score (nSPS) is 11.8. The number of pyridine rings is 2. The van der Waals surface area contributed by atoms with Crippen LogP contribution in [0.4, 0.5) is 17.1 Å². The van der Waals surface area contributed by atoms with Crippen LogP contribution in [-0.4, -0.2) is 4.57 Å². The van der Waals surface area contributed by atoms with E-state index < -0.39 is 0 Å². The minimum Gasteiger partial charge on any atom is -0.399 e. The van der Waals surface area contributed by atoms with Crippen molar-refractivity contribution in [2.45, 2.75) is 77.5 Å². The number of fused-ring (bicyclic) bond motifs is 2. The molecule has 0 amide bonds. The molecule has 0 saturated heterocycles. The zero-order valence-electron chi connectivity index (χ0n) is 28.0. The molecule has 246 valence electrons. The van der Waals surface area contributed by atoms with Crippen molar-refractivity contribution < 1.29 is 4.57 Å². The van der Waals surface area contributed by atoms with Crippen LogP contribution in [0.3, 0.4) is 0 Å². The van der Waals surface area contributed by atoms with Crippen LogP contribution >= 0.6 is 0 Å². The van der Waals surface area contributed by atoms with E-state index >= 15 is 0 Å². The van der Waals surface area contributed by atoms with Gasteiger partial charge in [0.2, 0.25) is 5.52 Å². The number of aromatic nitrogens is 2. The molecule has 6 rings (SSSR count). The molecule has 0 spiro atoms. The van der Waals surface area contributed by atoms with Crippen molar-refractivity contribution in [3.05, 3.63) is 138 Å². The predicted molar refractivity (Wildman–Crippen MR) is 201 cm³/mol. The number of hydrogen-bond donors (Lipinski definition) is 3. The summed E-state index contributed by atoms with van der Waals surface area (Å²) in [7, 11) is 0. The molecule has 0 unspecified atom stereocenters. The number of rotatable bonds is 16. The van der Waals surface area contributed by atoms with Gasteiger partial charge in [-0.1, -0.05) is 92.8 Å². The molecule has 0 radical (unpaired) electrons. The summed E-state index contributed by atoms with van der Waals surface area (Å²) in [4.78, 5) is 4.92. The van der Waals surface area contributed by atoms with Gasteiger partial charge in [0.1, 0.15) is 6.54 Å². The molecule has 2 heterocycles. The Labute approximate surface area is 284 Å². The van der Waals surface area contributed by atoms with Crippen LogP contribution < -0.4 is 26.7 Å². The molecule has 6 nitrogen and oxygen atoms in total. The molecule has 0 saturated carbocycles. The van der Waals surface area contributed by atoms with Crippen LogP contribution in [-0.2, 0) is 26.2 Å². The minimum absolute atomic E-state index is 0.676. The zero-order chi connectivity index (χ0) is 33.0. The fourth-order valence-electron chi connectivity index (χ4n) is 6.54. The number of benzene rings is 4. The highest BCUT2D eigenvalue weighted by atomic mass is 15.0.